The highest BCUT2D eigenvalue weighted by Crippen LogP contribution is 2.33. The quantitative estimate of drug-likeness (QED) is 0.764. The van der Waals surface area contributed by atoms with Crippen LogP contribution in [0.3, 0.4) is 0 Å². The van der Waals surface area contributed by atoms with Crippen LogP contribution in [-0.4, -0.2) is 30.4 Å². The molecule has 1 aliphatic rings. The van der Waals surface area contributed by atoms with Crippen molar-refractivity contribution >= 4 is 18.3 Å². The number of halogens is 4. The number of hydrogen-bond donors (Lipinski definition) is 1. The molecular weight excluding hydrogens is 401 g/mol. The molecule has 3 nitrogen and oxygen atoms in total. The molecule has 0 bridgehead atoms. The molecule has 2 aromatic rings. The minimum absolute atomic E-state index is 0. The van der Waals surface area contributed by atoms with Crippen molar-refractivity contribution in [3.8, 4) is 0 Å². The van der Waals surface area contributed by atoms with Crippen molar-refractivity contribution in [1.82, 2.24) is 4.90 Å². The predicted molar refractivity (Wildman–Crippen MR) is 110 cm³/mol. The fourth-order valence-electron chi connectivity index (χ4n) is 3.95. The third-order valence-electron chi connectivity index (χ3n) is 5.53. The molecule has 0 saturated carbocycles. The van der Waals surface area contributed by atoms with Gasteiger partial charge < -0.3 is 10.6 Å². The lowest BCUT2D eigenvalue weighted by atomic mass is 9.89. The fraction of sp³-hybridized carbons (Fsp3) is 0.409. The number of carbonyl (C=O) groups excluding carboxylic acids is 1. The Hall–Kier alpha value is -2.05. The van der Waals surface area contributed by atoms with Gasteiger partial charge in [-0.25, -0.2) is 0 Å². The van der Waals surface area contributed by atoms with Gasteiger partial charge in [-0.1, -0.05) is 49.4 Å². The largest absolute Gasteiger partial charge is 0.416 e. The molecule has 2 N–H and O–H groups in total. The molecule has 0 aromatic heterocycles. The monoisotopic (exact) mass is 426 g/mol. The summed E-state index contributed by atoms with van der Waals surface area (Å²) < 4.78 is 38.1. The van der Waals surface area contributed by atoms with Gasteiger partial charge >= 0.3 is 6.18 Å². The maximum atomic E-state index is 12.9. The molecule has 1 saturated heterocycles. The van der Waals surface area contributed by atoms with Gasteiger partial charge in [0.15, 0.2) is 0 Å². The topological polar surface area (TPSA) is 46.3 Å². The number of amides is 1. The van der Waals surface area contributed by atoms with Gasteiger partial charge in [0.25, 0.3) is 0 Å². The van der Waals surface area contributed by atoms with Crippen molar-refractivity contribution < 1.29 is 18.0 Å². The molecule has 0 radical (unpaired) electrons. The van der Waals surface area contributed by atoms with Crippen LogP contribution in [0.5, 0.6) is 0 Å². The zero-order valence-electron chi connectivity index (χ0n) is 16.2. The highest BCUT2D eigenvalue weighted by molar-refractivity contribution is 5.85. The first-order chi connectivity index (χ1) is 13.3. The van der Waals surface area contributed by atoms with Crippen molar-refractivity contribution in [3.05, 3.63) is 71.3 Å². The van der Waals surface area contributed by atoms with E-state index in [0.717, 1.165) is 17.7 Å². The van der Waals surface area contributed by atoms with Crippen LogP contribution in [0.4, 0.5) is 13.2 Å². The molecule has 0 aliphatic carbocycles. The molecule has 3 atom stereocenters. The van der Waals surface area contributed by atoms with E-state index in [2.05, 4.69) is 12.1 Å². The summed E-state index contributed by atoms with van der Waals surface area (Å²) in [4.78, 5) is 14.8. The number of hydrogen-bond acceptors (Lipinski definition) is 2. The Labute approximate surface area is 175 Å². The number of carbonyl (C=O) groups is 1. The second-order valence-electron chi connectivity index (χ2n) is 7.56. The highest BCUT2D eigenvalue weighted by atomic mass is 35.5. The minimum atomic E-state index is -4.35. The van der Waals surface area contributed by atoms with Crippen LogP contribution in [0.25, 0.3) is 0 Å². The Morgan fingerprint density at radius 1 is 1.10 bits per heavy atom. The van der Waals surface area contributed by atoms with Crippen LogP contribution in [0.15, 0.2) is 54.6 Å². The summed E-state index contributed by atoms with van der Waals surface area (Å²) in [5.41, 5.74) is 7.18. The Morgan fingerprint density at radius 2 is 1.72 bits per heavy atom. The lowest BCUT2D eigenvalue weighted by Crippen LogP contribution is -2.34. The summed E-state index contributed by atoms with van der Waals surface area (Å²) in [5, 5.41) is 0. The summed E-state index contributed by atoms with van der Waals surface area (Å²) in [5.74, 6) is 0.152. The zero-order chi connectivity index (χ0) is 20.3. The van der Waals surface area contributed by atoms with Crippen LogP contribution in [-0.2, 0) is 17.4 Å². The van der Waals surface area contributed by atoms with E-state index < -0.39 is 11.7 Å². The molecule has 29 heavy (non-hydrogen) atoms. The highest BCUT2D eigenvalue weighted by Gasteiger charge is 2.36. The minimum Gasteiger partial charge on any atom is -0.341 e. The number of rotatable bonds is 5. The van der Waals surface area contributed by atoms with Crippen molar-refractivity contribution in [3.63, 3.8) is 0 Å². The third-order valence-corrected chi connectivity index (χ3v) is 5.53. The van der Waals surface area contributed by atoms with E-state index in [1.165, 1.54) is 17.7 Å². The smallest absolute Gasteiger partial charge is 0.341 e. The fourth-order valence-corrected chi connectivity index (χ4v) is 3.95. The van der Waals surface area contributed by atoms with E-state index in [1.54, 1.807) is 0 Å². The lowest BCUT2D eigenvalue weighted by molar-refractivity contribution is -0.137. The number of alkyl halides is 3. The van der Waals surface area contributed by atoms with E-state index in [4.69, 9.17) is 5.73 Å². The maximum Gasteiger partial charge on any atom is 0.416 e. The second-order valence-corrected chi connectivity index (χ2v) is 7.56. The molecule has 1 unspecified atom stereocenters. The van der Waals surface area contributed by atoms with E-state index in [1.807, 2.05) is 30.0 Å². The summed E-state index contributed by atoms with van der Waals surface area (Å²) in [6.07, 6.45) is -3.93. The van der Waals surface area contributed by atoms with Gasteiger partial charge in [-0.2, -0.15) is 13.2 Å². The molecule has 3 rings (SSSR count). The first kappa shape index (κ1) is 23.2. The Kier molecular flexibility index (Phi) is 7.72. The van der Waals surface area contributed by atoms with Crippen LogP contribution in [0, 0.1) is 11.8 Å². The van der Waals surface area contributed by atoms with Gasteiger partial charge in [0.05, 0.1) is 5.56 Å². The summed E-state index contributed by atoms with van der Waals surface area (Å²) in [6, 6.07) is 15.1. The van der Waals surface area contributed by atoms with Crippen molar-refractivity contribution in [2.24, 2.45) is 17.6 Å². The van der Waals surface area contributed by atoms with Gasteiger partial charge in [-0.3, -0.25) is 4.79 Å². The van der Waals surface area contributed by atoms with Crippen molar-refractivity contribution in [2.75, 3.05) is 19.6 Å². The first-order valence-electron chi connectivity index (χ1n) is 9.49. The number of likely N-dealkylation sites (tertiary alicyclic amines) is 1. The summed E-state index contributed by atoms with van der Waals surface area (Å²) in [7, 11) is 0. The van der Waals surface area contributed by atoms with Gasteiger partial charge in [0.1, 0.15) is 0 Å². The number of benzene rings is 2. The second kappa shape index (κ2) is 9.63. The Morgan fingerprint density at radius 3 is 2.28 bits per heavy atom. The molecule has 1 fully saturated rings. The molecule has 1 heterocycles. The predicted octanol–water partition coefficient (Wildman–Crippen LogP) is 4.51. The normalized spacial score (nSPS) is 20.2. The maximum absolute atomic E-state index is 12.9. The molecule has 1 amide bonds. The molecule has 7 heteroatoms. The Balaban J connectivity index is 0.00000300. The molecule has 158 valence electrons. The SMILES string of the molecule is CC(Cc1ccc(C(F)(F)F)cc1)C(=O)N1C[C@@H](CN)[C@H](c2ccccc2)C1.Cl. The van der Waals surface area contributed by atoms with Crippen LogP contribution < -0.4 is 5.73 Å². The van der Waals surface area contributed by atoms with E-state index in [0.29, 0.717) is 26.1 Å². The van der Waals surface area contributed by atoms with E-state index >= 15 is 0 Å². The summed E-state index contributed by atoms with van der Waals surface area (Å²) in [6.45, 7) is 3.58. The molecule has 0 spiro atoms. The van der Waals surface area contributed by atoms with Crippen LogP contribution >= 0.6 is 12.4 Å². The van der Waals surface area contributed by atoms with E-state index in [9.17, 15) is 18.0 Å². The van der Waals surface area contributed by atoms with Gasteiger partial charge in [-0.05, 0) is 42.1 Å². The zero-order valence-corrected chi connectivity index (χ0v) is 17.0. The first-order valence-corrected chi connectivity index (χ1v) is 9.49. The van der Waals surface area contributed by atoms with Crippen LogP contribution in [0.1, 0.15) is 29.5 Å². The van der Waals surface area contributed by atoms with Gasteiger partial charge in [0, 0.05) is 24.9 Å². The number of nitrogens with zero attached hydrogens (tertiary/aromatic N) is 1. The third kappa shape index (κ3) is 5.52. The number of nitrogens with two attached hydrogens (primary N) is 1. The van der Waals surface area contributed by atoms with Crippen LogP contribution in [0.2, 0.25) is 0 Å². The molecule has 2 aromatic carbocycles. The molecular formula is C22H26ClF3N2O. The average molecular weight is 427 g/mol. The van der Waals surface area contributed by atoms with Gasteiger partial charge in [-0.15, -0.1) is 12.4 Å². The summed E-state index contributed by atoms with van der Waals surface area (Å²) >= 11 is 0. The van der Waals surface area contributed by atoms with Crippen molar-refractivity contribution in [1.29, 1.82) is 0 Å². The van der Waals surface area contributed by atoms with Crippen molar-refractivity contribution in [2.45, 2.75) is 25.4 Å². The average Bonchev–Trinajstić information content (AvgIpc) is 3.12. The van der Waals surface area contributed by atoms with E-state index in [-0.39, 0.29) is 36.1 Å². The lowest BCUT2D eigenvalue weighted by Gasteiger charge is -2.21. The Bertz CT molecular complexity index is 796. The molecule has 1 aliphatic heterocycles. The standard InChI is InChI=1S/C22H25F3N2O.ClH/c1-15(11-16-7-9-19(10-8-16)22(23,24)25)21(28)27-13-18(12-26)20(14-27)17-5-3-2-4-6-17;/h2-10,15,18,20H,11-14,26H2,1H3;1H/t15?,18-,20+;/m1./s1. The van der Waals surface area contributed by atoms with Gasteiger partial charge in [0.2, 0.25) is 5.91 Å².